The van der Waals surface area contributed by atoms with E-state index >= 15 is 0 Å². The van der Waals surface area contributed by atoms with E-state index in [-0.39, 0.29) is 5.91 Å². The molecule has 1 saturated heterocycles. The van der Waals surface area contributed by atoms with E-state index in [9.17, 15) is 4.79 Å². The molecule has 0 N–H and O–H groups in total. The number of amides is 1. The SMILES string of the molecule is O=C1N=C(N2CCSCC2)SC1=Cc1ccc2ccccc2c1. The molecule has 0 aliphatic carbocycles. The van der Waals surface area contributed by atoms with Gasteiger partial charge >= 0.3 is 0 Å². The predicted molar refractivity (Wildman–Crippen MR) is 101 cm³/mol. The number of carbonyl (C=O) groups is 1. The minimum Gasteiger partial charge on any atom is -0.349 e. The third-order valence-corrected chi connectivity index (χ3v) is 5.95. The summed E-state index contributed by atoms with van der Waals surface area (Å²) >= 11 is 3.46. The third kappa shape index (κ3) is 3.16. The molecule has 0 atom stereocenters. The van der Waals surface area contributed by atoms with Gasteiger partial charge in [0, 0.05) is 24.6 Å². The Hall–Kier alpha value is -1.72. The van der Waals surface area contributed by atoms with Gasteiger partial charge in [0.05, 0.1) is 4.91 Å². The van der Waals surface area contributed by atoms with Gasteiger partial charge in [0.1, 0.15) is 0 Å². The monoisotopic (exact) mass is 340 g/mol. The number of carbonyl (C=O) groups excluding carboxylic acids is 1. The van der Waals surface area contributed by atoms with Crippen molar-refractivity contribution >= 4 is 51.4 Å². The second-order valence-corrected chi connectivity index (χ2v) is 7.75. The molecule has 0 radical (unpaired) electrons. The quantitative estimate of drug-likeness (QED) is 0.738. The van der Waals surface area contributed by atoms with Gasteiger partial charge in [0.15, 0.2) is 5.17 Å². The number of hydrogen-bond donors (Lipinski definition) is 0. The van der Waals surface area contributed by atoms with Crippen molar-refractivity contribution in [3.05, 3.63) is 52.9 Å². The molecular weight excluding hydrogens is 324 g/mol. The Bertz CT molecular complexity index is 823. The van der Waals surface area contributed by atoms with Crippen LogP contribution in [0.25, 0.3) is 16.8 Å². The molecule has 1 amide bonds. The van der Waals surface area contributed by atoms with Crippen LogP contribution in [0.4, 0.5) is 0 Å². The number of rotatable bonds is 1. The summed E-state index contributed by atoms with van der Waals surface area (Å²) < 4.78 is 0. The Balaban J connectivity index is 1.57. The van der Waals surface area contributed by atoms with Crippen LogP contribution < -0.4 is 0 Å². The molecule has 1 fully saturated rings. The molecule has 0 aromatic heterocycles. The molecule has 0 saturated carbocycles. The van der Waals surface area contributed by atoms with Crippen LogP contribution in [0.2, 0.25) is 0 Å². The van der Waals surface area contributed by atoms with Crippen molar-refractivity contribution < 1.29 is 4.79 Å². The van der Waals surface area contributed by atoms with Crippen LogP contribution in [0.5, 0.6) is 0 Å². The van der Waals surface area contributed by atoms with E-state index in [1.807, 2.05) is 30.0 Å². The molecule has 2 aliphatic heterocycles. The fourth-order valence-electron chi connectivity index (χ4n) is 2.74. The minimum absolute atomic E-state index is 0.114. The number of fused-ring (bicyclic) bond motifs is 1. The lowest BCUT2D eigenvalue weighted by Gasteiger charge is -2.26. The number of aliphatic imine (C=N–C) groups is 1. The summed E-state index contributed by atoms with van der Waals surface area (Å²) in [5.41, 5.74) is 1.05. The Morgan fingerprint density at radius 2 is 1.83 bits per heavy atom. The van der Waals surface area contributed by atoms with Crippen molar-refractivity contribution in [2.24, 2.45) is 4.99 Å². The Kier molecular flexibility index (Phi) is 4.14. The number of benzene rings is 2. The summed E-state index contributed by atoms with van der Waals surface area (Å²) in [6, 6.07) is 14.5. The number of amidine groups is 1. The maximum atomic E-state index is 12.2. The standard InChI is InChI=1S/C18H16N2OS2/c21-17-16(23-18(19-17)20-7-9-22-10-8-20)12-13-5-6-14-3-1-2-4-15(14)11-13/h1-6,11-12H,7-10H2. The molecule has 23 heavy (non-hydrogen) atoms. The molecule has 2 heterocycles. The van der Waals surface area contributed by atoms with E-state index < -0.39 is 0 Å². The Morgan fingerprint density at radius 1 is 1.04 bits per heavy atom. The van der Waals surface area contributed by atoms with E-state index in [1.54, 1.807) is 0 Å². The first-order chi connectivity index (χ1) is 11.3. The normalized spacial score (nSPS) is 20.3. The molecule has 4 rings (SSSR count). The average molecular weight is 340 g/mol. The van der Waals surface area contributed by atoms with Gasteiger partial charge in [-0.1, -0.05) is 36.4 Å². The summed E-state index contributed by atoms with van der Waals surface area (Å²) in [5, 5.41) is 3.26. The van der Waals surface area contributed by atoms with Crippen LogP contribution in [0.3, 0.4) is 0 Å². The van der Waals surface area contributed by atoms with E-state index in [2.05, 4.69) is 40.2 Å². The predicted octanol–water partition coefficient (Wildman–Crippen LogP) is 3.86. The summed E-state index contributed by atoms with van der Waals surface area (Å²) in [5.74, 6) is 2.10. The van der Waals surface area contributed by atoms with Crippen LogP contribution in [-0.4, -0.2) is 40.6 Å². The topological polar surface area (TPSA) is 32.7 Å². The second-order valence-electron chi connectivity index (χ2n) is 5.52. The largest absolute Gasteiger partial charge is 0.349 e. The van der Waals surface area contributed by atoms with Crippen molar-refractivity contribution in [1.82, 2.24) is 4.90 Å². The van der Waals surface area contributed by atoms with Crippen molar-refractivity contribution in [1.29, 1.82) is 0 Å². The smallest absolute Gasteiger partial charge is 0.286 e. The molecule has 116 valence electrons. The summed E-state index contributed by atoms with van der Waals surface area (Å²) in [7, 11) is 0. The second kappa shape index (κ2) is 6.42. The van der Waals surface area contributed by atoms with Crippen LogP contribution in [-0.2, 0) is 4.79 Å². The molecule has 5 heteroatoms. The number of nitrogens with zero attached hydrogens (tertiary/aromatic N) is 2. The fourth-order valence-corrected chi connectivity index (χ4v) is 4.60. The van der Waals surface area contributed by atoms with Gasteiger partial charge in [-0.25, -0.2) is 0 Å². The van der Waals surface area contributed by atoms with Crippen LogP contribution >= 0.6 is 23.5 Å². The highest BCUT2D eigenvalue weighted by Gasteiger charge is 2.26. The molecule has 2 aromatic rings. The van der Waals surface area contributed by atoms with Gasteiger partial charge in [0.25, 0.3) is 5.91 Å². The molecule has 3 nitrogen and oxygen atoms in total. The summed E-state index contributed by atoms with van der Waals surface area (Å²) in [6.07, 6.45) is 1.95. The van der Waals surface area contributed by atoms with Crippen molar-refractivity contribution in [2.75, 3.05) is 24.6 Å². The zero-order valence-electron chi connectivity index (χ0n) is 12.6. The lowest BCUT2D eigenvalue weighted by atomic mass is 10.1. The van der Waals surface area contributed by atoms with E-state index in [0.717, 1.165) is 35.3 Å². The number of hydrogen-bond acceptors (Lipinski definition) is 4. The van der Waals surface area contributed by atoms with Gasteiger partial charge in [0.2, 0.25) is 0 Å². The molecule has 0 spiro atoms. The first-order valence-electron chi connectivity index (χ1n) is 7.64. The van der Waals surface area contributed by atoms with Gasteiger partial charge in [-0.2, -0.15) is 16.8 Å². The third-order valence-electron chi connectivity index (χ3n) is 3.96. The Morgan fingerprint density at radius 3 is 2.65 bits per heavy atom. The first kappa shape index (κ1) is 14.8. The molecule has 2 aliphatic rings. The van der Waals surface area contributed by atoms with Crippen LogP contribution in [0.1, 0.15) is 5.56 Å². The zero-order chi connectivity index (χ0) is 15.6. The van der Waals surface area contributed by atoms with Gasteiger partial charge in [-0.3, -0.25) is 4.79 Å². The lowest BCUT2D eigenvalue weighted by Crippen LogP contribution is -2.35. The summed E-state index contributed by atoms with van der Waals surface area (Å²) in [4.78, 5) is 19.4. The van der Waals surface area contributed by atoms with Crippen molar-refractivity contribution in [3.63, 3.8) is 0 Å². The highest BCUT2D eigenvalue weighted by molar-refractivity contribution is 8.18. The van der Waals surface area contributed by atoms with Crippen molar-refractivity contribution in [3.8, 4) is 0 Å². The first-order valence-corrected chi connectivity index (χ1v) is 9.61. The van der Waals surface area contributed by atoms with E-state index in [0.29, 0.717) is 4.91 Å². The zero-order valence-corrected chi connectivity index (χ0v) is 14.2. The van der Waals surface area contributed by atoms with E-state index in [4.69, 9.17) is 0 Å². The summed E-state index contributed by atoms with van der Waals surface area (Å²) in [6.45, 7) is 1.96. The average Bonchev–Trinajstić information content (AvgIpc) is 2.96. The lowest BCUT2D eigenvalue weighted by molar-refractivity contribution is -0.113. The fraction of sp³-hybridized carbons (Fsp3) is 0.222. The molecule has 2 aromatic carbocycles. The van der Waals surface area contributed by atoms with Crippen LogP contribution in [0, 0.1) is 0 Å². The molecule has 0 unspecified atom stereocenters. The Labute approximate surface area is 143 Å². The van der Waals surface area contributed by atoms with Gasteiger partial charge in [-0.05, 0) is 40.2 Å². The highest BCUT2D eigenvalue weighted by atomic mass is 32.2. The maximum absolute atomic E-state index is 12.2. The van der Waals surface area contributed by atoms with Gasteiger partial charge in [-0.15, -0.1) is 0 Å². The van der Waals surface area contributed by atoms with Crippen LogP contribution in [0.15, 0.2) is 52.4 Å². The molecular formula is C18H16N2OS2. The van der Waals surface area contributed by atoms with Crippen molar-refractivity contribution in [2.45, 2.75) is 0 Å². The van der Waals surface area contributed by atoms with E-state index in [1.165, 1.54) is 22.5 Å². The van der Waals surface area contributed by atoms with Gasteiger partial charge < -0.3 is 4.90 Å². The maximum Gasteiger partial charge on any atom is 0.286 e. The minimum atomic E-state index is -0.114. The number of thioether (sulfide) groups is 2. The molecule has 0 bridgehead atoms. The highest BCUT2D eigenvalue weighted by Crippen LogP contribution is 2.31.